The van der Waals surface area contributed by atoms with Gasteiger partial charge in [0.05, 0.1) is 38.1 Å². The van der Waals surface area contributed by atoms with Gasteiger partial charge in [0.1, 0.15) is 0 Å². The maximum absolute atomic E-state index is 12.9. The van der Waals surface area contributed by atoms with Crippen LogP contribution in [0.3, 0.4) is 0 Å². The first-order valence-corrected chi connectivity index (χ1v) is 14.5. The second-order valence-electron chi connectivity index (χ2n) is 10.3. The molecule has 13 heteroatoms. The van der Waals surface area contributed by atoms with Gasteiger partial charge in [0.15, 0.2) is 0 Å². The molecule has 1 aliphatic rings. The molecule has 0 saturated heterocycles. The Balaban J connectivity index is 1.40. The van der Waals surface area contributed by atoms with Crippen molar-refractivity contribution < 1.29 is 33.8 Å². The summed E-state index contributed by atoms with van der Waals surface area (Å²) >= 11 is 0. The van der Waals surface area contributed by atoms with E-state index in [0.29, 0.717) is 28.3 Å². The molecular formula is C32H36N6O7. The predicted molar refractivity (Wildman–Crippen MR) is 169 cm³/mol. The van der Waals surface area contributed by atoms with Crippen LogP contribution in [0.25, 0.3) is 0 Å². The third kappa shape index (κ3) is 9.45. The molecule has 0 unspecified atom stereocenters. The molecule has 3 aromatic carbocycles. The van der Waals surface area contributed by atoms with E-state index >= 15 is 0 Å². The zero-order chi connectivity index (χ0) is 32.3. The van der Waals surface area contributed by atoms with E-state index in [1.807, 2.05) is 31.2 Å². The van der Waals surface area contributed by atoms with Crippen LogP contribution in [-0.4, -0.2) is 59.6 Å². The van der Waals surface area contributed by atoms with Crippen molar-refractivity contribution >= 4 is 52.7 Å². The topological polar surface area (TPSA) is 169 Å². The Morgan fingerprint density at radius 3 is 2.36 bits per heavy atom. The lowest BCUT2D eigenvalue weighted by molar-refractivity contribution is -0.143. The molecular weight excluding hydrogens is 580 g/mol. The number of ether oxygens (including phenoxy) is 1. The van der Waals surface area contributed by atoms with Crippen molar-refractivity contribution in [3.05, 3.63) is 83.4 Å². The van der Waals surface area contributed by atoms with E-state index in [9.17, 15) is 24.0 Å². The van der Waals surface area contributed by atoms with Crippen LogP contribution in [0.15, 0.2) is 66.7 Å². The number of amides is 5. The number of nitrogens with zero attached hydrogens (tertiary/aromatic N) is 2. The number of carboxylic acids is 1. The third-order valence-corrected chi connectivity index (χ3v) is 6.94. The number of hydrazine groups is 1. The number of nitrogens with one attached hydrogen (secondary N) is 4. The molecule has 13 nitrogen and oxygen atoms in total. The number of anilines is 4. The van der Waals surface area contributed by atoms with E-state index in [-0.39, 0.29) is 57.4 Å². The fourth-order valence-corrected chi connectivity index (χ4v) is 4.70. The standard InChI is InChI=1S/C32H36N6O7/c1-3-45-30(42)15-17-38-27-13-12-25(19-23(27)20-37(32(44)36-38)16-14-29(40)41)33-28(39)18-22-8-10-24(11-9-22)34-31(43)35-26-7-5-4-6-21(26)2/h4-13,19H,3,14-18,20H2,1-2H3,(H,33,39)(H,36,44)(H,40,41)(H2,34,35,43). The number of aliphatic carboxylic acids is 1. The van der Waals surface area contributed by atoms with Gasteiger partial charge in [-0.25, -0.2) is 15.0 Å². The molecule has 0 fully saturated rings. The Kier molecular flexibility index (Phi) is 10.9. The van der Waals surface area contributed by atoms with Gasteiger partial charge < -0.3 is 30.7 Å². The summed E-state index contributed by atoms with van der Waals surface area (Å²) in [6, 6.07) is 18.6. The van der Waals surface area contributed by atoms with Gasteiger partial charge in [-0.05, 0) is 66.9 Å². The number of fused-ring (bicyclic) bond motifs is 1. The molecule has 1 heterocycles. The van der Waals surface area contributed by atoms with E-state index in [0.717, 1.165) is 11.1 Å². The molecule has 0 atom stereocenters. The Morgan fingerprint density at radius 1 is 0.911 bits per heavy atom. The van der Waals surface area contributed by atoms with Crippen LogP contribution in [0.4, 0.5) is 32.3 Å². The summed E-state index contributed by atoms with van der Waals surface area (Å²) in [5, 5.41) is 19.1. The fraction of sp³-hybridized carbons (Fsp3) is 0.281. The van der Waals surface area contributed by atoms with Crippen molar-refractivity contribution in [3.8, 4) is 0 Å². The maximum Gasteiger partial charge on any atom is 0.336 e. The van der Waals surface area contributed by atoms with Crippen LogP contribution in [0.5, 0.6) is 0 Å². The van der Waals surface area contributed by atoms with E-state index < -0.39 is 18.0 Å². The summed E-state index contributed by atoms with van der Waals surface area (Å²) < 4.78 is 5.00. The predicted octanol–water partition coefficient (Wildman–Crippen LogP) is 4.49. The summed E-state index contributed by atoms with van der Waals surface area (Å²) in [6.07, 6.45) is -0.149. The van der Waals surface area contributed by atoms with Gasteiger partial charge in [0, 0.05) is 30.2 Å². The summed E-state index contributed by atoms with van der Waals surface area (Å²) in [5.74, 6) is -1.74. The Labute approximate surface area is 260 Å². The van der Waals surface area contributed by atoms with Crippen molar-refractivity contribution in [2.24, 2.45) is 0 Å². The largest absolute Gasteiger partial charge is 0.481 e. The summed E-state index contributed by atoms with van der Waals surface area (Å²) in [6.45, 7) is 4.05. The van der Waals surface area contributed by atoms with Gasteiger partial charge >= 0.3 is 24.0 Å². The van der Waals surface area contributed by atoms with Gasteiger partial charge in [0.25, 0.3) is 0 Å². The molecule has 45 heavy (non-hydrogen) atoms. The van der Waals surface area contributed by atoms with Gasteiger partial charge in [-0.3, -0.25) is 19.4 Å². The minimum Gasteiger partial charge on any atom is -0.481 e. The molecule has 1 aliphatic heterocycles. The van der Waals surface area contributed by atoms with Gasteiger partial charge in [-0.15, -0.1) is 0 Å². The number of esters is 1. The lowest BCUT2D eigenvalue weighted by atomic mass is 10.1. The van der Waals surface area contributed by atoms with Crippen LogP contribution >= 0.6 is 0 Å². The molecule has 0 spiro atoms. The Bertz CT molecular complexity index is 1560. The number of hydrogen-bond acceptors (Lipinski definition) is 7. The minimum atomic E-state index is -1.04. The van der Waals surface area contributed by atoms with Crippen LogP contribution in [0.2, 0.25) is 0 Å². The number of aryl methyl sites for hydroxylation is 1. The minimum absolute atomic E-state index is 0.0207. The monoisotopic (exact) mass is 616 g/mol. The van der Waals surface area contributed by atoms with Crippen molar-refractivity contribution in [2.45, 2.75) is 39.7 Å². The maximum atomic E-state index is 12.9. The highest BCUT2D eigenvalue weighted by Gasteiger charge is 2.26. The highest BCUT2D eigenvalue weighted by atomic mass is 16.5. The number of urea groups is 2. The van der Waals surface area contributed by atoms with E-state index in [4.69, 9.17) is 9.84 Å². The number of carboxylic acid groups (broad SMARTS) is 1. The first kappa shape index (κ1) is 32.3. The molecule has 0 bridgehead atoms. The lowest BCUT2D eigenvalue weighted by Gasteiger charge is -2.25. The average molecular weight is 617 g/mol. The van der Waals surface area contributed by atoms with Crippen LogP contribution in [0.1, 0.15) is 36.5 Å². The lowest BCUT2D eigenvalue weighted by Crippen LogP contribution is -2.48. The Morgan fingerprint density at radius 2 is 1.64 bits per heavy atom. The number of carbonyl (C=O) groups is 5. The average Bonchev–Trinajstić information content (AvgIpc) is 3.12. The number of hydrogen-bond donors (Lipinski definition) is 5. The van der Waals surface area contributed by atoms with Gasteiger partial charge in [-0.2, -0.15) is 0 Å². The fourth-order valence-electron chi connectivity index (χ4n) is 4.70. The zero-order valence-corrected chi connectivity index (χ0v) is 25.1. The molecule has 0 saturated carbocycles. The van der Waals surface area contributed by atoms with E-state index in [1.165, 1.54) is 9.91 Å². The molecule has 0 radical (unpaired) electrons. The Hall–Kier alpha value is -5.59. The van der Waals surface area contributed by atoms with Crippen molar-refractivity contribution in [1.82, 2.24) is 10.3 Å². The SMILES string of the molecule is CCOC(=O)CCN1NC(=O)N(CCC(=O)O)Cc2cc(NC(=O)Cc3ccc(NC(=O)Nc4ccccc4C)cc3)ccc21. The highest BCUT2D eigenvalue weighted by molar-refractivity contribution is 6.00. The summed E-state index contributed by atoms with van der Waals surface area (Å²) in [4.78, 5) is 62.7. The molecule has 0 aromatic heterocycles. The van der Waals surface area contributed by atoms with E-state index in [2.05, 4.69) is 21.4 Å². The smallest absolute Gasteiger partial charge is 0.336 e. The molecule has 0 aliphatic carbocycles. The van der Waals surface area contributed by atoms with Crippen molar-refractivity contribution in [2.75, 3.05) is 40.7 Å². The first-order valence-electron chi connectivity index (χ1n) is 14.5. The number of rotatable bonds is 12. The summed E-state index contributed by atoms with van der Waals surface area (Å²) in [5.41, 5.74) is 7.43. The van der Waals surface area contributed by atoms with Crippen molar-refractivity contribution in [3.63, 3.8) is 0 Å². The molecule has 5 N–H and O–H groups in total. The second-order valence-corrected chi connectivity index (χ2v) is 10.3. The van der Waals surface area contributed by atoms with Gasteiger partial charge in [0.2, 0.25) is 5.91 Å². The number of carbonyl (C=O) groups excluding carboxylic acids is 4. The second kappa shape index (κ2) is 15.2. The zero-order valence-electron chi connectivity index (χ0n) is 25.1. The normalized spacial score (nSPS) is 12.4. The van der Waals surface area contributed by atoms with Crippen LogP contribution < -0.4 is 26.4 Å². The molecule has 4 rings (SSSR count). The van der Waals surface area contributed by atoms with Gasteiger partial charge in [-0.1, -0.05) is 30.3 Å². The molecule has 5 amide bonds. The number of para-hydroxylation sites is 1. The number of benzene rings is 3. The van der Waals surface area contributed by atoms with Crippen LogP contribution in [-0.2, 0) is 32.1 Å². The third-order valence-electron chi connectivity index (χ3n) is 6.94. The molecule has 3 aromatic rings. The van der Waals surface area contributed by atoms with Crippen LogP contribution in [0, 0.1) is 6.92 Å². The van der Waals surface area contributed by atoms with E-state index in [1.54, 1.807) is 49.4 Å². The first-order chi connectivity index (χ1) is 21.6. The highest BCUT2D eigenvalue weighted by Crippen LogP contribution is 2.28. The van der Waals surface area contributed by atoms with Crippen molar-refractivity contribution in [1.29, 1.82) is 0 Å². The summed E-state index contributed by atoms with van der Waals surface area (Å²) in [7, 11) is 0. The molecule has 236 valence electrons. The quantitative estimate of drug-likeness (QED) is 0.185.